The highest BCUT2D eigenvalue weighted by Gasteiger charge is 2.62. The number of aliphatic carboxylic acids is 2. The van der Waals surface area contributed by atoms with Gasteiger partial charge in [-0.05, 0) is 0 Å². The second kappa shape index (κ2) is 32.6. The van der Waals surface area contributed by atoms with Gasteiger partial charge in [0.2, 0.25) is 0 Å². The molecule has 0 unspecified atom stereocenters. The van der Waals surface area contributed by atoms with Crippen LogP contribution in [0.15, 0.2) is 0 Å². The van der Waals surface area contributed by atoms with Crippen LogP contribution < -0.4 is 0 Å². The summed E-state index contributed by atoms with van der Waals surface area (Å²) >= 11 is 0. The monoisotopic (exact) mass is 1510 g/mol. The van der Waals surface area contributed by atoms with Gasteiger partial charge in [-0.1, -0.05) is 0 Å². The summed E-state index contributed by atoms with van der Waals surface area (Å²) in [4.78, 5) is 26.5. The third-order valence-electron chi connectivity index (χ3n) is 13.4. The van der Waals surface area contributed by atoms with Gasteiger partial charge in [0.15, 0.2) is 55.9 Å². The zero-order valence-electron chi connectivity index (χ0n) is 47.8. The van der Waals surface area contributed by atoms with Gasteiger partial charge in [-0.3, -0.25) is 31.9 Å². The topological polar surface area (TPSA) is 688 Å². The summed E-state index contributed by atoms with van der Waals surface area (Å²) in [6, 6.07) is 0. The van der Waals surface area contributed by atoms with Crippen molar-refractivity contribution in [1.29, 1.82) is 0 Å². The molecule has 0 aromatic rings. The molecule has 5 fully saturated rings. The number of hydrogen-bond donors (Lipinski definition) is 10. The minimum Gasteiger partial charge on any atom is -0.479 e. The number of aliphatic hydroxyl groups is 1. The van der Waals surface area contributed by atoms with Gasteiger partial charge in [0.25, 0.3) is 0 Å². The lowest BCUT2D eigenvalue weighted by atomic mass is 9.94. The van der Waals surface area contributed by atoms with E-state index < -0.39 is 258 Å². The number of carboxylic acid groups (broad SMARTS) is 2. The summed E-state index contributed by atoms with van der Waals surface area (Å²) in [7, 11) is -34.3. The molecule has 0 radical (unpaired) electrons. The smallest absolute Gasteiger partial charge is 0.397 e. The highest BCUT2D eigenvalue weighted by molar-refractivity contribution is 7.82. The molecule has 93 heavy (non-hydrogen) atoms. The van der Waals surface area contributed by atoms with Gasteiger partial charge in [-0.2, -0.15) is 58.9 Å². The molecule has 49 nitrogen and oxygen atoms in total. The third kappa shape index (κ3) is 22.7. The van der Waals surface area contributed by atoms with E-state index in [1.807, 2.05) is 0 Å². The lowest BCUT2D eigenvalue weighted by Crippen LogP contribution is -2.70. The van der Waals surface area contributed by atoms with Gasteiger partial charge in [-0.25, -0.2) is 38.9 Å². The number of carbonyl (C=O) groups is 2. The van der Waals surface area contributed by atoms with E-state index in [0.717, 1.165) is 35.5 Å². The average molecular weight is 1520 g/mol. The van der Waals surface area contributed by atoms with Crippen molar-refractivity contribution in [3.63, 3.8) is 0 Å². The second-order valence-corrected chi connectivity index (χ2v) is 26.5. The van der Waals surface area contributed by atoms with Crippen LogP contribution in [0.1, 0.15) is 0 Å². The zero-order chi connectivity index (χ0) is 70.5. The molecule has 5 saturated heterocycles. The molecule has 0 saturated carbocycles. The number of methoxy groups -OCH3 is 7. The SMILES string of the molecule is CO[C@@H]1[C@@H](OC)[C@@H](O[C@H]2[C@H](OS(=O)(=O)O)[C@@H](OS(=O)(=O)O)[C@@H](O[C@H]3[C@H](OC)[C@@H](OC)[C@H](O[C@H]4[C@H](OS(=O)(=O)O)[C@@H](OS(=O)(=O)O)[C@@H](O)O[C@@H]4COS(=O)(=O)O)O[C@H]3C(=O)O)O[C@@H]2COS(=O)(=O)O)O[C@H](C(=O)O)[C@H]1O[C@H]1O[C@H](COS(=O)(=O)O)[C@@H](OC)[C@H](OC)[C@H]1OC. The Kier molecular flexibility index (Phi) is 28.4. The van der Waals surface area contributed by atoms with Crippen LogP contribution in [0.25, 0.3) is 0 Å². The Labute approximate surface area is 526 Å². The number of aliphatic hydroxyl groups excluding tert-OH is 1. The highest BCUT2D eigenvalue weighted by Crippen LogP contribution is 2.41. The normalized spacial score (nSPS) is 37.9. The van der Waals surface area contributed by atoms with Gasteiger partial charge >= 0.3 is 84.7 Å². The van der Waals surface area contributed by atoms with E-state index in [1.54, 1.807) is 0 Å². The van der Waals surface area contributed by atoms with Crippen LogP contribution in [0, 0.1) is 0 Å². The molecule has 25 atom stereocenters. The molecule has 5 aliphatic heterocycles. The van der Waals surface area contributed by atoms with E-state index in [-0.39, 0.29) is 0 Å². The zero-order valence-corrected chi connectivity index (χ0v) is 53.5. The molecule has 0 spiro atoms. The minimum atomic E-state index is -6.20. The van der Waals surface area contributed by atoms with Gasteiger partial charge in [0.1, 0.15) is 97.7 Å². The van der Waals surface area contributed by atoms with Crippen molar-refractivity contribution in [1.82, 2.24) is 0 Å². The van der Waals surface area contributed by atoms with E-state index in [1.165, 1.54) is 0 Å². The van der Waals surface area contributed by atoms with Gasteiger partial charge in [0, 0.05) is 49.8 Å². The second-order valence-electron chi connectivity index (χ2n) is 19.1. The maximum atomic E-state index is 13.3. The van der Waals surface area contributed by atoms with Crippen molar-refractivity contribution in [2.75, 3.05) is 69.6 Å². The third-order valence-corrected chi connectivity index (χ3v) is 16.6. The Morgan fingerprint density at radius 1 is 0.301 bits per heavy atom. The molecule has 10 N–H and O–H groups in total. The molecule has 0 aromatic heterocycles. The molecule has 56 heteroatoms. The van der Waals surface area contributed by atoms with E-state index in [2.05, 4.69) is 20.9 Å². The molecule has 5 heterocycles. The summed E-state index contributed by atoms with van der Waals surface area (Å²) in [5.41, 5.74) is 0. The van der Waals surface area contributed by atoms with Crippen LogP contribution in [0.5, 0.6) is 0 Å². The van der Waals surface area contributed by atoms with E-state index in [4.69, 9.17) is 84.2 Å². The molecule has 0 aromatic carbocycles. The molecular weight excluding hydrogens is 1450 g/mol. The molecule has 0 aliphatic carbocycles. The van der Waals surface area contributed by atoms with Crippen LogP contribution in [0.4, 0.5) is 0 Å². The molecule has 5 rings (SSSR count). The summed E-state index contributed by atoms with van der Waals surface area (Å²) in [6.45, 7) is -4.42. The van der Waals surface area contributed by atoms with Crippen LogP contribution in [-0.4, -0.2) is 341 Å². The first-order valence-electron chi connectivity index (χ1n) is 24.9. The largest absolute Gasteiger partial charge is 0.479 e. The Morgan fingerprint density at radius 3 is 0.849 bits per heavy atom. The van der Waals surface area contributed by atoms with E-state index >= 15 is 0 Å². The van der Waals surface area contributed by atoms with Crippen molar-refractivity contribution >= 4 is 84.7 Å². The summed E-state index contributed by atoms with van der Waals surface area (Å²) in [5.74, 6) is -4.31. The fourth-order valence-electron chi connectivity index (χ4n) is 10.0. The van der Waals surface area contributed by atoms with E-state index in [0.29, 0.717) is 14.2 Å². The van der Waals surface area contributed by atoms with Crippen LogP contribution in [0.2, 0.25) is 0 Å². The average Bonchev–Trinajstić information content (AvgIpc) is 0.767. The van der Waals surface area contributed by atoms with Gasteiger partial charge < -0.3 is 91.1 Å². The number of hydrogen-bond acceptors (Lipinski definition) is 40. The molecule has 546 valence electrons. The quantitative estimate of drug-likeness (QED) is 0.0268. The van der Waals surface area contributed by atoms with Crippen molar-refractivity contribution < 1.29 is 221 Å². The molecular formula is C37H62O49S7. The summed E-state index contributed by atoms with van der Waals surface area (Å²) in [5, 5.41) is 32.0. The lowest BCUT2D eigenvalue weighted by Gasteiger charge is -2.51. The Balaban J connectivity index is 1.62. The maximum Gasteiger partial charge on any atom is 0.397 e. The van der Waals surface area contributed by atoms with E-state index in [9.17, 15) is 116 Å². The minimum absolute atomic E-state index is 0.691. The number of carboxylic acids is 2. The summed E-state index contributed by atoms with van der Waals surface area (Å²) < 4.78 is 359. The van der Waals surface area contributed by atoms with Gasteiger partial charge in [-0.15, -0.1) is 0 Å². The first kappa shape index (κ1) is 81.0. The number of rotatable bonds is 34. The predicted octanol–water partition coefficient (Wildman–Crippen LogP) is -8.37. The number of ether oxygens (including phenoxy) is 16. The Bertz CT molecular complexity index is 3320. The van der Waals surface area contributed by atoms with Crippen molar-refractivity contribution in [2.45, 2.75) is 154 Å². The highest BCUT2D eigenvalue weighted by atomic mass is 32.3. The molecule has 0 bridgehead atoms. The lowest BCUT2D eigenvalue weighted by molar-refractivity contribution is -0.388. The van der Waals surface area contributed by atoms with Crippen molar-refractivity contribution in [3.05, 3.63) is 0 Å². The fraction of sp³-hybridized carbons (Fsp3) is 0.946. The Hall–Kier alpha value is -2.65. The maximum absolute atomic E-state index is 13.3. The van der Waals surface area contributed by atoms with Crippen LogP contribution in [-0.2, 0) is 187 Å². The first-order chi connectivity index (χ1) is 42.7. The fourth-order valence-corrected chi connectivity index (χ4v) is 12.9. The summed E-state index contributed by atoms with van der Waals surface area (Å²) in [6.07, 6.45) is -60.2. The van der Waals surface area contributed by atoms with Crippen molar-refractivity contribution in [3.8, 4) is 0 Å². The first-order valence-corrected chi connectivity index (χ1v) is 34.5. The van der Waals surface area contributed by atoms with Crippen LogP contribution >= 0.6 is 0 Å². The van der Waals surface area contributed by atoms with Crippen molar-refractivity contribution in [2.24, 2.45) is 0 Å². The van der Waals surface area contributed by atoms with Gasteiger partial charge in [0.05, 0.1) is 19.8 Å². The standard InChI is InChI=1S/C37H62O49S7/c1-64-14-11(8-71-87(43,44)45)75-34(27(68-5)17(14)65-2)79-20-18(66-3)28(69-6)36(81-24(20)31(38)39)78-16-13(10-73-89(49,50)51)76-37(30(86-93(61,62)63)23(16)84-91(55,56)57)80-21-19(67-4)29(70-7)35(82-25(21)32(40)41)77-15-12(9-72-88(46,47)48)74-33(42)26(85-92(58,59)60)22(15)83-90(52,53)54/h11-30,33-37,42H,8-10H2,1-7H3,(H,38,39)(H,40,41)(H,43,44,45)(H,46,47,48)(H,49,50,51)(H,52,53,54)(H,55,56,57)(H,58,59,60)(H,61,62,63)/t11-,12-,13-,14-,15-,16-,17+,18+,19+,20+,21+,22+,23+,24+,25-,26-,27-,28-,29-,30-,33+,34-,35-,36+,37-/m1/s1. The van der Waals surface area contributed by atoms with Crippen LogP contribution in [0.3, 0.4) is 0 Å². The predicted molar refractivity (Wildman–Crippen MR) is 274 cm³/mol. The molecule has 0 amide bonds. The molecule has 5 aliphatic rings. The Morgan fingerprint density at radius 2 is 0.548 bits per heavy atom.